The Morgan fingerprint density at radius 2 is 2.00 bits per heavy atom. The largest absolute Gasteiger partial charge is 0.345 e. The van der Waals surface area contributed by atoms with Gasteiger partial charge in [-0.2, -0.15) is 4.31 Å². The minimum atomic E-state index is -3.58. The molecule has 0 spiro atoms. The van der Waals surface area contributed by atoms with Crippen molar-refractivity contribution in [2.24, 2.45) is 18.7 Å². The zero-order chi connectivity index (χ0) is 19.5. The molecule has 1 aliphatic heterocycles. The maximum absolute atomic E-state index is 12.9. The van der Waals surface area contributed by atoms with Gasteiger partial charge in [-0.1, -0.05) is 20.8 Å². The van der Waals surface area contributed by atoms with Crippen LogP contribution in [0.25, 0.3) is 0 Å². The second-order valence-corrected chi connectivity index (χ2v) is 9.37. The number of nitrogens with one attached hydrogen (secondary N) is 1. The third-order valence-corrected chi connectivity index (χ3v) is 7.42. The molecule has 0 radical (unpaired) electrons. The second kappa shape index (κ2) is 9.41. The Kier molecular flexibility index (Phi) is 8.34. The van der Waals surface area contributed by atoms with Crippen molar-refractivity contribution in [1.29, 1.82) is 0 Å². The van der Waals surface area contributed by atoms with E-state index in [1.165, 1.54) is 16.6 Å². The summed E-state index contributed by atoms with van der Waals surface area (Å²) in [4.78, 5) is 12.9. The Morgan fingerprint density at radius 1 is 1.37 bits per heavy atom. The van der Waals surface area contributed by atoms with Crippen molar-refractivity contribution in [2.45, 2.75) is 56.9 Å². The van der Waals surface area contributed by atoms with Gasteiger partial charge in [0.05, 0.1) is 5.54 Å². The molecule has 1 saturated heterocycles. The van der Waals surface area contributed by atoms with Gasteiger partial charge in [0.15, 0.2) is 0 Å². The standard InChI is InChI=1S/C18H32N4O3S.ClH/c1-5-18(6-2,13-19)20-17(23)16-10-15(12-21(16)4)26(24,25)22-9-7-8-14(3)11-22;/h10,12,14H,5-9,11,13,19H2,1-4H3,(H,20,23);1H. The van der Waals surface area contributed by atoms with E-state index in [1.54, 1.807) is 11.6 Å². The number of halogens is 1. The number of amides is 1. The third kappa shape index (κ3) is 5.04. The van der Waals surface area contributed by atoms with Gasteiger partial charge in [0.2, 0.25) is 10.0 Å². The van der Waals surface area contributed by atoms with Gasteiger partial charge in [-0.25, -0.2) is 8.42 Å². The number of carbonyl (C=O) groups is 1. The molecule has 2 heterocycles. The molecule has 2 rings (SSSR count). The lowest BCUT2D eigenvalue weighted by Crippen LogP contribution is -2.53. The highest BCUT2D eigenvalue weighted by Crippen LogP contribution is 2.25. The first kappa shape index (κ1) is 23.9. The summed E-state index contributed by atoms with van der Waals surface area (Å²) >= 11 is 0. The fraction of sp³-hybridized carbons (Fsp3) is 0.722. The van der Waals surface area contributed by atoms with Crippen molar-refractivity contribution in [1.82, 2.24) is 14.2 Å². The molecule has 1 amide bonds. The van der Waals surface area contributed by atoms with Gasteiger partial charge in [-0.15, -0.1) is 12.4 Å². The third-order valence-electron chi connectivity index (χ3n) is 5.59. The number of piperidine rings is 1. The van der Waals surface area contributed by atoms with Gasteiger partial charge in [-0.05, 0) is 37.7 Å². The monoisotopic (exact) mass is 420 g/mol. The zero-order valence-electron chi connectivity index (χ0n) is 16.7. The van der Waals surface area contributed by atoms with E-state index < -0.39 is 15.6 Å². The summed E-state index contributed by atoms with van der Waals surface area (Å²) in [5.41, 5.74) is 5.71. The average Bonchev–Trinajstić information content (AvgIpc) is 3.02. The minimum absolute atomic E-state index is 0. The van der Waals surface area contributed by atoms with Gasteiger partial charge in [-0.3, -0.25) is 4.79 Å². The van der Waals surface area contributed by atoms with E-state index in [4.69, 9.17) is 5.73 Å². The van der Waals surface area contributed by atoms with Gasteiger partial charge in [0.25, 0.3) is 5.91 Å². The molecule has 1 unspecified atom stereocenters. The molecule has 156 valence electrons. The Hall–Kier alpha value is -1.09. The van der Waals surface area contributed by atoms with Crippen LogP contribution < -0.4 is 11.1 Å². The predicted octanol–water partition coefficient (Wildman–Crippen LogP) is 2.11. The minimum Gasteiger partial charge on any atom is -0.345 e. The summed E-state index contributed by atoms with van der Waals surface area (Å²) in [6.45, 7) is 7.43. The molecule has 1 atom stereocenters. The van der Waals surface area contributed by atoms with Crippen LogP contribution in [0.4, 0.5) is 0 Å². The Balaban J connectivity index is 0.00000364. The molecule has 7 nitrogen and oxygen atoms in total. The van der Waals surface area contributed by atoms with Crippen LogP contribution in [0.1, 0.15) is 56.9 Å². The lowest BCUT2D eigenvalue weighted by atomic mass is 9.93. The molecule has 1 aromatic rings. The van der Waals surface area contributed by atoms with E-state index >= 15 is 0 Å². The number of hydrogen-bond acceptors (Lipinski definition) is 4. The number of nitrogens with two attached hydrogens (primary N) is 1. The maximum atomic E-state index is 12.9. The Morgan fingerprint density at radius 3 is 2.52 bits per heavy atom. The molecule has 0 bridgehead atoms. The molecule has 3 N–H and O–H groups in total. The number of aryl methyl sites for hydroxylation is 1. The van der Waals surface area contributed by atoms with E-state index in [0.717, 1.165) is 12.8 Å². The molecule has 0 aromatic carbocycles. The summed E-state index contributed by atoms with van der Waals surface area (Å²) in [6, 6.07) is 1.47. The number of aromatic nitrogens is 1. The number of hydrogen-bond donors (Lipinski definition) is 2. The van der Waals surface area contributed by atoms with Crippen LogP contribution in [-0.2, 0) is 17.1 Å². The van der Waals surface area contributed by atoms with Crippen molar-refractivity contribution in [2.75, 3.05) is 19.6 Å². The van der Waals surface area contributed by atoms with E-state index in [2.05, 4.69) is 12.2 Å². The molecule has 27 heavy (non-hydrogen) atoms. The van der Waals surface area contributed by atoms with Crippen molar-refractivity contribution in [3.05, 3.63) is 18.0 Å². The van der Waals surface area contributed by atoms with Crippen LogP contribution in [0.5, 0.6) is 0 Å². The summed E-state index contributed by atoms with van der Waals surface area (Å²) in [7, 11) is -1.89. The number of nitrogens with zero attached hydrogens (tertiary/aromatic N) is 2. The molecule has 0 aliphatic carbocycles. The van der Waals surface area contributed by atoms with Crippen molar-refractivity contribution in [3.63, 3.8) is 0 Å². The first-order valence-electron chi connectivity index (χ1n) is 9.38. The van der Waals surface area contributed by atoms with Gasteiger partial charge < -0.3 is 15.6 Å². The number of sulfonamides is 1. The van der Waals surface area contributed by atoms with Crippen molar-refractivity contribution in [3.8, 4) is 0 Å². The molecular formula is C18H33ClN4O3S. The van der Waals surface area contributed by atoms with Gasteiger partial charge in [0.1, 0.15) is 10.6 Å². The molecule has 9 heteroatoms. The lowest BCUT2D eigenvalue weighted by molar-refractivity contribution is 0.0887. The maximum Gasteiger partial charge on any atom is 0.268 e. The Bertz CT molecular complexity index is 736. The van der Waals surface area contributed by atoms with Crippen LogP contribution in [-0.4, -0.2) is 48.4 Å². The van der Waals surface area contributed by atoms with Crippen LogP contribution in [0, 0.1) is 5.92 Å². The summed E-state index contributed by atoms with van der Waals surface area (Å²) < 4.78 is 29.0. The van der Waals surface area contributed by atoms with E-state index in [1.807, 2.05) is 13.8 Å². The van der Waals surface area contributed by atoms with Crippen LogP contribution in [0.15, 0.2) is 17.2 Å². The SMILES string of the molecule is CCC(CC)(CN)NC(=O)c1cc(S(=O)(=O)N2CCCC(C)C2)cn1C.Cl. The van der Waals surface area contributed by atoms with Gasteiger partial charge >= 0.3 is 0 Å². The highest BCUT2D eigenvalue weighted by molar-refractivity contribution is 7.89. The fourth-order valence-corrected chi connectivity index (χ4v) is 5.16. The number of carbonyl (C=O) groups excluding carboxylic acids is 1. The van der Waals surface area contributed by atoms with Gasteiger partial charge in [0, 0.05) is 32.9 Å². The predicted molar refractivity (Wildman–Crippen MR) is 110 cm³/mol. The fourth-order valence-electron chi connectivity index (χ4n) is 3.49. The van der Waals surface area contributed by atoms with E-state index in [9.17, 15) is 13.2 Å². The summed E-state index contributed by atoms with van der Waals surface area (Å²) in [5, 5.41) is 2.99. The normalized spacial score (nSPS) is 18.8. The first-order valence-corrected chi connectivity index (χ1v) is 10.8. The van der Waals surface area contributed by atoms with Crippen LogP contribution >= 0.6 is 12.4 Å². The van der Waals surface area contributed by atoms with Crippen LogP contribution in [0.3, 0.4) is 0 Å². The van der Waals surface area contributed by atoms with E-state index in [0.29, 0.717) is 44.1 Å². The highest BCUT2D eigenvalue weighted by Gasteiger charge is 2.32. The molecule has 0 saturated carbocycles. The topological polar surface area (TPSA) is 97.4 Å². The highest BCUT2D eigenvalue weighted by atomic mass is 35.5. The molecule has 1 aromatic heterocycles. The van der Waals surface area contributed by atoms with Crippen molar-refractivity contribution >= 4 is 28.3 Å². The molecular weight excluding hydrogens is 388 g/mol. The molecule has 1 fully saturated rings. The van der Waals surface area contributed by atoms with Crippen molar-refractivity contribution < 1.29 is 13.2 Å². The number of rotatable bonds is 7. The summed E-state index contributed by atoms with van der Waals surface area (Å²) in [5.74, 6) is 0.0550. The van der Waals surface area contributed by atoms with E-state index in [-0.39, 0.29) is 23.2 Å². The quantitative estimate of drug-likeness (QED) is 0.705. The average molecular weight is 421 g/mol. The lowest BCUT2D eigenvalue weighted by Gasteiger charge is -2.31. The zero-order valence-corrected chi connectivity index (χ0v) is 18.3. The van der Waals surface area contributed by atoms with Crippen LogP contribution in [0.2, 0.25) is 0 Å². The smallest absolute Gasteiger partial charge is 0.268 e. The Labute approximate surface area is 169 Å². The molecule has 1 aliphatic rings. The first-order chi connectivity index (χ1) is 12.2. The summed E-state index contributed by atoms with van der Waals surface area (Å²) in [6.07, 6.45) is 4.86. The second-order valence-electron chi connectivity index (χ2n) is 7.43.